The quantitative estimate of drug-likeness (QED) is 0.362. The van der Waals surface area contributed by atoms with Crippen LogP contribution in [-0.2, 0) is 20.8 Å². The number of para-hydroxylation sites is 1. The summed E-state index contributed by atoms with van der Waals surface area (Å²) in [6.07, 6.45) is 3.76. The molecule has 8 heteroatoms. The smallest absolute Gasteiger partial charge is 0.239 e. The summed E-state index contributed by atoms with van der Waals surface area (Å²) in [6.45, 7) is 3.46. The first-order chi connectivity index (χ1) is 13.5. The molecule has 3 N–H and O–H groups in total. The van der Waals surface area contributed by atoms with E-state index in [2.05, 4.69) is 22.5 Å². The summed E-state index contributed by atoms with van der Waals surface area (Å²) >= 11 is 0. The number of carbonyl (C=O) groups is 3. The van der Waals surface area contributed by atoms with Crippen molar-refractivity contribution in [2.45, 2.75) is 39.2 Å². The van der Waals surface area contributed by atoms with E-state index < -0.39 is 6.04 Å². The van der Waals surface area contributed by atoms with Crippen LogP contribution in [0.3, 0.4) is 0 Å². The maximum Gasteiger partial charge on any atom is 0.239 e. The summed E-state index contributed by atoms with van der Waals surface area (Å²) in [7, 11) is 3.42. The Morgan fingerprint density at radius 3 is 2.61 bits per heavy atom. The van der Waals surface area contributed by atoms with Crippen LogP contribution in [0.2, 0.25) is 0 Å². The van der Waals surface area contributed by atoms with Crippen molar-refractivity contribution >= 4 is 50.1 Å². The molecule has 0 bridgehead atoms. The van der Waals surface area contributed by atoms with E-state index in [0.29, 0.717) is 12.8 Å². The van der Waals surface area contributed by atoms with Crippen LogP contribution in [0.25, 0.3) is 10.9 Å². The first kappa shape index (κ1) is 22.4. The van der Waals surface area contributed by atoms with Crippen molar-refractivity contribution in [1.82, 2.24) is 15.6 Å². The second-order valence-corrected chi connectivity index (χ2v) is 9.17. The highest BCUT2D eigenvalue weighted by Crippen LogP contribution is 2.22. The third-order valence-corrected chi connectivity index (χ3v) is 6.77. The number of H-pyrrole nitrogens is 1. The maximum atomic E-state index is 12.2. The third-order valence-electron chi connectivity index (χ3n) is 4.15. The first-order valence-corrected chi connectivity index (χ1v) is 11.9. The number of fused-ring (bicyclic) bond motifs is 1. The van der Waals surface area contributed by atoms with Crippen LogP contribution in [0, 0.1) is 0 Å². The number of benzene rings is 1. The number of rotatable bonds is 12. The molecule has 28 heavy (non-hydrogen) atoms. The number of aromatic nitrogens is 1. The maximum absolute atomic E-state index is 12.2. The minimum absolute atomic E-state index is 0.116. The largest absolute Gasteiger partial charge is 0.361 e. The van der Waals surface area contributed by atoms with Crippen molar-refractivity contribution in [2.24, 2.45) is 0 Å². The SMILES string of the molecule is CCCSSCCC(=O)NCC(=O)N[C@@H](Cc1c[nH]c2ccccc12)C(C)=O. The lowest BCUT2D eigenvalue weighted by atomic mass is 10.0. The van der Waals surface area contributed by atoms with E-state index in [1.54, 1.807) is 21.6 Å². The molecular weight excluding hydrogens is 394 g/mol. The average molecular weight is 422 g/mol. The molecule has 2 rings (SSSR count). The van der Waals surface area contributed by atoms with E-state index in [0.717, 1.165) is 34.4 Å². The molecule has 0 spiro atoms. The van der Waals surface area contributed by atoms with Crippen LogP contribution in [0.5, 0.6) is 0 Å². The van der Waals surface area contributed by atoms with Gasteiger partial charge in [0.2, 0.25) is 11.8 Å². The number of carbonyl (C=O) groups excluding carboxylic acids is 3. The van der Waals surface area contributed by atoms with Crippen LogP contribution in [0.4, 0.5) is 0 Å². The van der Waals surface area contributed by atoms with Gasteiger partial charge in [0, 0.05) is 41.4 Å². The minimum Gasteiger partial charge on any atom is -0.361 e. The third kappa shape index (κ3) is 7.24. The van der Waals surface area contributed by atoms with Gasteiger partial charge < -0.3 is 15.6 Å². The highest BCUT2D eigenvalue weighted by Gasteiger charge is 2.19. The molecule has 0 saturated heterocycles. The fourth-order valence-corrected chi connectivity index (χ4v) is 4.79. The van der Waals surface area contributed by atoms with E-state index >= 15 is 0 Å². The van der Waals surface area contributed by atoms with Crippen molar-refractivity contribution in [1.29, 1.82) is 0 Å². The molecule has 152 valence electrons. The lowest BCUT2D eigenvalue weighted by molar-refractivity contribution is -0.128. The first-order valence-electron chi connectivity index (χ1n) is 9.37. The molecule has 0 aliphatic rings. The van der Waals surface area contributed by atoms with Gasteiger partial charge in [0.25, 0.3) is 0 Å². The summed E-state index contributed by atoms with van der Waals surface area (Å²) in [5.74, 6) is 1.15. The summed E-state index contributed by atoms with van der Waals surface area (Å²) in [5.41, 5.74) is 1.97. The normalized spacial score (nSPS) is 11.9. The van der Waals surface area contributed by atoms with Crippen LogP contribution in [-0.4, -0.2) is 46.7 Å². The summed E-state index contributed by atoms with van der Waals surface area (Å²) in [6, 6.07) is 7.21. The molecule has 0 aliphatic carbocycles. The fourth-order valence-electron chi connectivity index (χ4n) is 2.66. The lowest BCUT2D eigenvalue weighted by Gasteiger charge is -2.16. The van der Waals surface area contributed by atoms with E-state index in [4.69, 9.17) is 0 Å². The second kappa shape index (κ2) is 11.8. The Morgan fingerprint density at radius 1 is 1.11 bits per heavy atom. The Kier molecular flexibility index (Phi) is 9.43. The zero-order valence-electron chi connectivity index (χ0n) is 16.2. The van der Waals surface area contributed by atoms with E-state index in [1.807, 2.05) is 30.5 Å². The molecule has 0 unspecified atom stereocenters. The number of hydrogen-bond acceptors (Lipinski definition) is 5. The molecule has 1 aromatic heterocycles. The molecule has 2 aromatic rings. The summed E-state index contributed by atoms with van der Waals surface area (Å²) in [4.78, 5) is 39.2. The van der Waals surface area contributed by atoms with Gasteiger partial charge in [0.1, 0.15) is 0 Å². The number of hydrogen-bond donors (Lipinski definition) is 3. The zero-order valence-corrected chi connectivity index (χ0v) is 17.9. The highest BCUT2D eigenvalue weighted by molar-refractivity contribution is 8.76. The van der Waals surface area contributed by atoms with Crippen LogP contribution in [0.1, 0.15) is 32.3 Å². The molecule has 0 saturated carbocycles. The molecule has 0 aliphatic heterocycles. The van der Waals surface area contributed by atoms with Gasteiger partial charge in [-0.15, -0.1) is 0 Å². The fraction of sp³-hybridized carbons (Fsp3) is 0.450. The summed E-state index contributed by atoms with van der Waals surface area (Å²) in [5, 5.41) is 6.38. The minimum atomic E-state index is -0.621. The number of aromatic amines is 1. The average Bonchev–Trinajstić information content (AvgIpc) is 3.08. The van der Waals surface area contributed by atoms with Crippen LogP contribution in [0.15, 0.2) is 30.5 Å². The molecule has 0 radical (unpaired) electrons. The predicted octanol–water partition coefficient (Wildman–Crippen LogP) is 3.08. The van der Waals surface area contributed by atoms with Gasteiger partial charge in [-0.05, 0) is 25.0 Å². The van der Waals surface area contributed by atoms with Gasteiger partial charge in [0.05, 0.1) is 12.6 Å². The van der Waals surface area contributed by atoms with E-state index in [-0.39, 0.29) is 24.1 Å². The van der Waals surface area contributed by atoms with Crippen molar-refractivity contribution in [3.8, 4) is 0 Å². The molecular formula is C20H27N3O3S2. The molecule has 1 atom stereocenters. The van der Waals surface area contributed by atoms with Crippen LogP contribution >= 0.6 is 21.6 Å². The molecule has 2 amide bonds. The predicted molar refractivity (Wildman–Crippen MR) is 117 cm³/mol. The van der Waals surface area contributed by atoms with Gasteiger partial charge in [-0.2, -0.15) is 0 Å². The van der Waals surface area contributed by atoms with Gasteiger partial charge >= 0.3 is 0 Å². The van der Waals surface area contributed by atoms with Gasteiger partial charge in [-0.3, -0.25) is 14.4 Å². The standard InChI is InChI=1S/C20H27N3O3S2/c1-3-9-27-28-10-8-19(25)22-13-20(26)23-18(14(2)24)11-15-12-21-17-7-5-4-6-16(15)17/h4-7,12,18,21H,3,8-11,13H2,1-2H3,(H,22,25)(H,23,26)/t18-/m0/s1. The van der Waals surface area contributed by atoms with Gasteiger partial charge in [-0.25, -0.2) is 0 Å². The number of nitrogens with one attached hydrogen (secondary N) is 3. The van der Waals surface area contributed by atoms with E-state index in [1.165, 1.54) is 6.92 Å². The Hall–Kier alpha value is -1.93. The Bertz CT molecular complexity index is 807. The Balaban J connectivity index is 1.79. The van der Waals surface area contributed by atoms with Gasteiger partial charge in [0.15, 0.2) is 5.78 Å². The van der Waals surface area contributed by atoms with Crippen molar-refractivity contribution in [2.75, 3.05) is 18.1 Å². The van der Waals surface area contributed by atoms with Crippen molar-refractivity contribution in [3.05, 3.63) is 36.0 Å². The van der Waals surface area contributed by atoms with Crippen molar-refractivity contribution in [3.63, 3.8) is 0 Å². The van der Waals surface area contributed by atoms with Crippen LogP contribution < -0.4 is 10.6 Å². The second-order valence-electron chi connectivity index (χ2n) is 6.47. The number of amides is 2. The highest BCUT2D eigenvalue weighted by atomic mass is 33.1. The topological polar surface area (TPSA) is 91.1 Å². The molecule has 0 fully saturated rings. The number of Topliss-reactive ketones (excluding diaryl/α,β-unsaturated/α-hetero) is 1. The molecule has 1 heterocycles. The lowest BCUT2D eigenvalue weighted by Crippen LogP contribution is -2.46. The number of ketones is 1. The Labute approximate surface area is 173 Å². The zero-order chi connectivity index (χ0) is 20.4. The summed E-state index contributed by atoms with van der Waals surface area (Å²) < 4.78 is 0. The molecule has 6 nitrogen and oxygen atoms in total. The molecule has 1 aromatic carbocycles. The van der Waals surface area contributed by atoms with Gasteiger partial charge in [-0.1, -0.05) is 46.7 Å². The van der Waals surface area contributed by atoms with Crippen molar-refractivity contribution < 1.29 is 14.4 Å². The monoisotopic (exact) mass is 421 g/mol. The Morgan fingerprint density at radius 2 is 1.86 bits per heavy atom. The van der Waals surface area contributed by atoms with E-state index in [9.17, 15) is 14.4 Å².